The van der Waals surface area contributed by atoms with Crippen LogP contribution in [0.2, 0.25) is 0 Å². The quantitative estimate of drug-likeness (QED) is 0.0775. The van der Waals surface area contributed by atoms with Gasteiger partial charge in [0.25, 0.3) is 45.9 Å². The third-order valence-corrected chi connectivity index (χ3v) is 19.2. The van der Waals surface area contributed by atoms with Crippen LogP contribution in [0.15, 0.2) is 141 Å². The van der Waals surface area contributed by atoms with Crippen LogP contribution in [0.3, 0.4) is 0 Å². The lowest BCUT2D eigenvalue weighted by Gasteiger charge is -2.21. The molecule has 6 heterocycles. The van der Waals surface area contributed by atoms with E-state index in [4.69, 9.17) is 0 Å². The lowest BCUT2D eigenvalue weighted by Crippen LogP contribution is -2.44. The molecule has 0 spiro atoms. The molecular weight excluding hydrogens is 1360 g/mol. The predicted molar refractivity (Wildman–Crippen MR) is 336 cm³/mol. The molecule has 2 fully saturated rings. The number of fused-ring (bicyclic) bond motifs is 4. The van der Waals surface area contributed by atoms with Crippen molar-refractivity contribution in [2.75, 3.05) is 16.5 Å². The second kappa shape index (κ2) is 23.6. The van der Waals surface area contributed by atoms with E-state index in [9.17, 15) is 70.7 Å². The van der Waals surface area contributed by atoms with Crippen LogP contribution < -0.4 is 32.0 Å². The fourth-order valence-electron chi connectivity index (χ4n) is 14.3. The van der Waals surface area contributed by atoms with Crippen LogP contribution in [0.4, 0.5) is 64.1 Å². The number of halogens is 12. The number of amides is 8. The van der Waals surface area contributed by atoms with E-state index in [0.29, 0.717) is 77.2 Å². The molecule has 0 bridgehead atoms. The van der Waals surface area contributed by atoms with Gasteiger partial charge in [-0.1, -0.05) is 64.1 Å². The van der Waals surface area contributed by atoms with Gasteiger partial charge in [-0.15, -0.1) is 0 Å². The Hall–Kier alpha value is -11.5. The van der Waals surface area contributed by atoms with Crippen LogP contribution in [0.5, 0.6) is 0 Å². The number of hydrogen-bond acceptors (Lipinski definition) is 12. The highest BCUT2D eigenvalue weighted by Crippen LogP contribution is 2.49. The molecule has 4 unspecified atom stereocenters. The number of likely N-dealkylation sites (tertiary alicyclic amines) is 1. The van der Waals surface area contributed by atoms with Crippen LogP contribution in [0, 0.1) is 23.7 Å². The zero-order valence-corrected chi connectivity index (χ0v) is 52.5. The normalized spacial score (nSPS) is 18.3. The summed E-state index contributed by atoms with van der Waals surface area (Å²) in [6.07, 6.45) is -21.1. The SMILES string of the molecule is CCC1C(=O)N(CN2C(=O)c3ccc(-c4ccc5c(c4)C(=O)N(c4ccc(-c6ccc(-n7c(=O)c8cc9c(=O)n(-c%10ccc(-c%11ccc(N%12C(=O)C(CC)C(CC)C%12=O)cc%11C(F)(F)F)c(C(F)(F)F)c%10)c(=O)c9cc8c7=O)cc6C(F)(F)F)c(C(F)(F)F)c4)C5=O)cc3C2=O)C(=O)C1CC. The van der Waals surface area contributed by atoms with Gasteiger partial charge in [-0.25, -0.2) is 14.0 Å². The smallest absolute Gasteiger partial charge is 0.274 e. The minimum Gasteiger partial charge on any atom is -0.274 e. The average molecular weight is 1400 g/mol. The molecular formula is C71H46F12N6O12. The molecule has 13 rings (SSSR count). The number of aromatic nitrogens is 2. The number of nitrogens with zero attached hydrogens (tertiary/aromatic N) is 6. The minimum absolute atomic E-state index is 0.0825. The molecule has 18 nitrogen and oxygen atoms in total. The molecule has 9 aromatic rings. The van der Waals surface area contributed by atoms with E-state index in [2.05, 4.69) is 0 Å². The highest BCUT2D eigenvalue weighted by atomic mass is 19.4. The number of hydrogen-bond donors (Lipinski definition) is 0. The Labute approximate surface area is 558 Å². The number of rotatable bonds is 13. The van der Waals surface area contributed by atoms with Gasteiger partial charge in [0, 0.05) is 11.8 Å². The number of imide groups is 4. The van der Waals surface area contributed by atoms with Gasteiger partial charge in [0.1, 0.15) is 6.67 Å². The van der Waals surface area contributed by atoms with Crippen LogP contribution in [0.1, 0.15) is 117 Å². The summed E-state index contributed by atoms with van der Waals surface area (Å²) in [4.78, 5) is 167. The standard InChI is InChI=1S/C71H46F12N6O12/c1-5-36-37(6-2)57(91)84(56(36)90)29-85-58(92)44-15-9-30(21-46(44)59(85)93)31-10-16-45-47(22-31)63(97)87(62(45)96)33-12-18-41(53(24-33)69(75,76)77)43-20-14-35(26-55(43)71(81,82)83)89-66(100)50-27-48-49(28-51(50)67(89)101)65(99)88(64(48)98)34-13-19-42(54(25-34)70(78,79)80)40-17-11-32(23-52(40)68(72,73)74)86-60(94)38(7-3)39(8-4)61(86)95/h9-28,36-39H,5-8,29H2,1-4H3. The number of carbonyl (C=O) groups excluding carboxylic acids is 8. The minimum atomic E-state index is -5.59. The summed E-state index contributed by atoms with van der Waals surface area (Å²) in [7, 11) is 0. The molecule has 4 aliphatic rings. The van der Waals surface area contributed by atoms with E-state index in [1.54, 1.807) is 27.7 Å². The molecule has 4 atom stereocenters. The first-order valence-electron chi connectivity index (χ1n) is 31.0. The largest absolute Gasteiger partial charge is 0.417 e. The van der Waals surface area contributed by atoms with Crippen molar-refractivity contribution >= 4 is 80.2 Å². The summed E-state index contributed by atoms with van der Waals surface area (Å²) >= 11 is 0. The van der Waals surface area contributed by atoms with Gasteiger partial charge in [0.15, 0.2) is 0 Å². The molecule has 0 aliphatic carbocycles. The molecule has 0 N–H and O–H groups in total. The maximum atomic E-state index is 15.3. The molecule has 8 amide bonds. The topological polar surface area (TPSA) is 228 Å². The van der Waals surface area contributed by atoms with Crippen molar-refractivity contribution in [2.45, 2.75) is 78.1 Å². The fourth-order valence-corrected chi connectivity index (χ4v) is 14.3. The van der Waals surface area contributed by atoms with Crippen molar-refractivity contribution in [3.63, 3.8) is 0 Å². The van der Waals surface area contributed by atoms with E-state index in [0.717, 1.165) is 28.0 Å². The molecule has 7 aromatic carbocycles. The Kier molecular flexibility index (Phi) is 15.9. The number of carbonyl (C=O) groups is 8. The van der Waals surface area contributed by atoms with Crippen LogP contribution in [-0.2, 0) is 43.9 Å². The van der Waals surface area contributed by atoms with Crippen LogP contribution >= 0.6 is 0 Å². The first-order chi connectivity index (χ1) is 47.5. The number of alkyl halides is 12. The predicted octanol–water partition coefficient (Wildman–Crippen LogP) is 12.7. The molecule has 30 heteroatoms. The highest BCUT2D eigenvalue weighted by molar-refractivity contribution is 6.35. The molecule has 101 heavy (non-hydrogen) atoms. The summed E-state index contributed by atoms with van der Waals surface area (Å²) in [6.45, 7) is 5.99. The van der Waals surface area contributed by atoms with E-state index in [1.807, 2.05) is 0 Å². The Morgan fingerprint density at radius 1 is 0.287 bits per heavy atom. The maximum absolute atomic E-state index is 15.3. The Balaban J connectivity index is 0.800. The van der Waals surface area contributed by atoms with Gasteiger partial charge in [0.05, 0.1) is 101 Å². The van der Waals surface area contributed by atoms with Crippen molar-refractivity contribution in [1.29, 1.82) is 0 Å². The Morgan fingerprint density at radius 2 is 0.564 bits per heavy atom. The van der Waals surface area contributed by atoms with Crippen molar-refractivity contribution < 1.29 is 91.0 Å². The fraction of sp³-hybridized carbons (Fsp3) is 0.239. The van der Waals surface area contributed by atoms with Gasteiger partial charge in [-0.2, -0.15) is 52.7 Å². The van der Waals surface area contributed by atoms with Crippen LogP contribution in [0.25, 0.3) is 66.3 Å². The van der Waals surface area contributed by atoms with Gasteiger partial charge < -0.3 is 0 Å². The molecule has 2 saturated heterocycles. The maximum Gasteiger partial charge on any atom is 0.417 e. The first-order valence-corrected chi connectivity index (χ1v) is 31.0. The van der Waals surface area contributed by atoms with Gasteiger partial charge in [-0.3, -0.25) is 72.2 Å². The highest BCUT2D eigenvalue weighted by Gasteiger charge is 2.51. The molecule has 516 valence electrons. The summed E-state index contributed by atoms with van der Waals surface area (Å²) in [6, 6.07) is 15.0. The van der Waals surface area contributed by atoms with Crippen molar-refractivity contribution in [3.8, 4) is 44.8 Å². The van der Waals surface area contributed by atoms with Crippen LogP contribution in [-0.4, -0.2) is 72.9 Å². The molecule has 0 radical (unpaired) electrons. The molecule has 4 aliphatic heterocycles. The number of benzene rings is 7. The third-order valence-electron chi connectivity index (χ3n) is 19.2. The average Bonchev–Trinajstić information content (AvgIpc) is 1.63. The van der Waals surface area contributed by atoms with Crippen molar-refractivity contribution in [1.82, 2.24) is 18.9 Å². The van der Waals surface area contributed by atoms with Gasteiger partial charge >= 0.3 is 24.7 Å². The zero-order valence-electron chi connectivity index (χ0n) is 52.5. The Bertz CT molecular complexity index is 5340. The van der Waals surface area contributed by atoms with E-state index in [1.165, 1.54) is 30.3 Å². The van der Waals surface area contributed by atoms with Crippen molar-refractivity contribution in [3.05, 3.63) is 207 Å². The van der Waals surface area contributed by atoms with E-state index < -0.39 is 213 Å². The van der Waals surface area contributed by atoms with Gasteiger partial charge in [-0.05, 0) is 144 Å². The lowest BCUT2D eigenvalue weighted by atomic mass is 9.91. The first kappa shape index (κ1) is 68.1. The molecule has 0 saturated carbocycles. The van der Waals surface area contributed by atoms with E-state index in [-0.39, 0.29) is 73.6 Å². The van der Waals surface area contributed by atoms with E-state index >= 15 is 39.5 Å². The monoisotopic (exact) mass is 1400 g/mol. The third kappa shape index (κ3) is 10.6. The Morgan fingerprint density at radius 3 is 0.911 bits per heavy atom. The van der Waals surface area contributed by atoms with Crippen molar-refractivity contribution in [2.24, 2.45) is 23.7 Å². The second-order valence-corrected chi connectivity index (χ2v) is 24.6. The summed E-state index contributed by atoms with van der Waals surface area (Å²) in [5, 5.41) is -2.97. The summed E-state index contributed by atoms with van der Waals surface area (Å²) < 4.78 is 182. The molecule has 2 aromatic heterocycles. The lowest BCUT2D eigenvalue weighted by molar-refractivity contribution is -0.142. The summed E-state index contributed by atoms with van der Waals surface area (Å²) in [5.41, 5.74) is -21.3. The van der Waals surface area contributed by atoms with Gasteiger partial charge in [0.2, 0.25) is 23.6 Å². The second-order valence-electron chi connectivity index (χ2n) is 24.6. The summed E-state index contributed by atoms with van der Waals surface area (Å²) in [5.74, 6) is -9.73. The number of anilines is 2. The zero-order chi connectivity index (χ0) is 73.1.